The van der Waals surface area contributed by atoms with Crippen molar-refractivity contribution in [3.8, 4) is 5.75 Å². The molecule has 2 aromatic rings. The van der Waals surface area contributed by atoms with Gasteiger partial charge in [-0.1, -0.05) is 18.2 Å². The summed E-state index contributed by atoms with van der Waals surface area (Å²) in [6.07, 6.45) is 0.914. The zero-order chi connectivity index (χ0) is 17.1. The van der Waals surface area contributed by atoms with E-state index in [1.807, 2.05) is 61.2 Å². The Kier molecular flexibility index (Phi) is 4.74. The third-order valence-corrected chi connectivity index (χ3v) is 4.36. The van der Waals surface area contributed by atoms with Gasteiger partial charge in [-0.15, -0.1) is 0 Å². The van der Waals surface area contributed by atoms with Gasteiger partial charge in [0.1, 0.15) is 11.8 Å². The average Bonchev–Trinajstić information content (AvgIpc) is 2.92. The van der Waals surface area contributed by atoms with E-state index in [2.05, 4.69) is 18.3 Å². The van der Waals surface area contributed by atoms with E-state index in [0.29, 0.717) is 6.61 Å². The van der Waals surface area contributed by atoms with Crippen LogP contribution in [0.25, 0.3) is 0 Å². The Labute approximate surface area is 143 Å². The van der Waals surface area contributed by atoms with Gasteiger partial charge in [-0.2, -0.15) is 0 Å². The summed E-state index contributed by atoms with van der Waals surface area (Å²) in [5.41, 5.74) is 3.20. The third-order valence-electron chi connectivity index (χ3n) is 4.36. The molecule has 4 nitrogen and oxygen atoms in total. The highest BCUT2D eigenvalue weighted by molar-refractivity contribution is 6.00. The normalized spacial score (nSPS) is 17.3. The molecule has 0 spiro atoms. The van der Waals surface area contributed by atoms with Crippen molar-refractivity contribution in [1.82, 2.24) is 0 Å². The number of nitrogens with one attached hydrogen (secondary N) is 1. The first kappa shape index (κ1) is 16.4. The second-order valence-electron chi connectivity index (χ2n) is 6.21. The largest absolute Gasteiger partial charge is 0.494 e. The van der Waals surface area contributed by atoms with Crippen molar-refractivity contribution < 1.29 is 9.53 Å². The number of carbonyl (C=O) groups excluding carboxylic acids is 1. The van der Waals surface area contributed by atoms with Crippen LogP contribution in [0.1, 0.15) is 26.3 Å². The minimum Gasteiger partial charge on any atom is -0.494 e. The van der Waals surface area contributed by atoms with Crippen LogP contribution in [0.4, 0.5) is 11.4 Å². The Morgan fingerprint density at radius 3 is 2.67 bits per heavy atom. The summed E-state index contributed by atoms with van der Waals surface area (Å²) in [5.74, 6) is 0.936. The Balaban J connectivity index is 1.71. The van der Waals surface area contributed by atoms with E-state index < -0.39 is 0 Å². The monoisotopic (exact) mass is 324 g/mol. The third kappa shape index (κ3) is 3.23. The number of hydrogen-bond acceptors (Lipinski definition) is 3. The summed E-state index contributed by atoms with van der Waals surface area (Å²) < 4.78 is 5.44. The second kappa shape index (κ2) is 6.95. The topological polar surface area (TPSA) is 41.6 Å². The lowest BCUT2D eigenvalue weighted by Crippen LogP contribution is -2.44. The van der Waals surface area contributed by atoms with Crippen molar-refractivity contribution in [2.75, 3.05) is 16.8 Å². The second-order valence-corrected chi connectivity index (χ2v) is 6.21. The molecule has 126 valence electrons. The molecule has 0 saturated heterocycles. The number of rotatable bonds is 5. The van der Waals surface area contributed by atoms with Gasteiger partial charge in [0.15, 0.2) is 0 Å². The fraction of sp³-hybridized carbons (Fsp3) is 0.350. The van der Waals surface area contributed by atoms with Gasteiger partial charge in [0.25, 0.3) is 0 Å². The number of para-hydroxylation sites is 1. The Morgan fingerprint density at radius 1 is 1.25 bits per heavy atom. The number of amides is 1. The molecule has 3 rings (SSSR count). The van der Waals surface area contributed by atoms with Crippen LogP contribution >= 0.6 is 0 Å². The summed E-state index contributed by atoms with van der Waals surface area (Å²) in [6, 6.07) is 15.8. The number of ether oxygens (including phenoxy) is 1. The molecule has 0 aromatic heterocycles. The number of fused-ring (bicyclic) bond motifs is 1. The maximum absolute atomic E-state index is 12.9. The molecule has 0 aliphatic carbocycles. The zero-order valence-electron chi connectivity index (χ0n) is 14.5. The molecule has 1 heterocycles. The van der Waals surface area contributed by atoms with Gasteiger partial charge >= 0.3 is 0 Å². The molecular weight excluding hydrogens is 300 g/mol. The van der Waals surface area contributed by atoms with Crippen molar-refractivity contribution in [3.05, 3.63) is 54.1 Å². The molecule has 1 N–H and O–H groups in total. The molecule has 2 unspecified atom stereocenters. The van der Waals surface area contributed by atoms with Crippen LogP contribution in [0, 0.1) is 0 Å². The van der Waals surface area contributed by atoms with E-state index in [1.165, 1.54) is 5.56 Å². The quantitative estimate of drug-likeness (QED) is 0.908. The summed E-state index contributed by atoms with van der Waals surface area (Å²) in [7, 11) is 0. The molecule has 2 atom stereocenters. The lowest BCUT2D eigenvalue weighted by atomic mass is 10.1. The summed E-state index contributed by atoms with van der Waals surface area (Å²) in [5, 5.41) is 3.29. The predicted octanol–water partition coefficient (Wildman–Crippen LogP) is 3.86. The molecule has 2 aromatic carbocycles. The summed E-state index contributed by atoms with van der Waals surface area (Å²) in [4.78, 5) is 14.8. The molecule has 1 aliphatic heterocycles. The molecule has 1 aliphatic rings. The van der Waals surface area contributed by atoms with Gasteiger partial charge in [-0.25, -0.2) is 0 Å². The van der Waals surface area contributed by atoms with E-state index in [0.717, 1.165) is 23.5 Å². The highest BCUT2D eigenvalue weighted by Crippen LogP contribution is 2.32. The Morgan fingerprint density at radius 2 is 1.96 bits per heavy atom. The van der Waals surface area contributed by atoms with Crippen molar-refractivity contribution in [2.24, 2.45) is 0 Å². The molecule has 0 saturated carbocycles. The number of hydrogen-bond donors (Lipinski definition) is 1. The van der Waals surface area contributed by atoms with Gasteiger partial charge in [0, 0.05) is 17.4 Å². The lowest BCUT2D eigenvalue weighted by Gasteiger charge is -2.27. The van der Waals surface area contributed by atoms with E-state index in [9.17, 15) is 4.79 Å². The minimum atomic E-state index is -0.295. The van der Waals surface area contributed by atoms with Gasteiger partial charge < -0.3 is 15.0 Å². The van der Waals surface area contributed by atoms with Crippen LogP contribution < -0.4 is 15.0 Å². The first-order valence-electron chi connectivity index (χ1n) is 8.50. The Hall–Kier alpha value is -2.49. The predicted molar refractivity (Wildman–Crippen MR) is 97.8 cm³/mol. The Bertz CT molecular complexity index is 712. The van der Waals surface area contributed by atoms with Gasteiger partial charge in [-0.05, 0) is 63.1 Å². The van der Waals surface area contributed by atoms with Gasteiger partial charge in [0.2, 0.25) is 5.91 Å². The first-order valence-corrected chi connectivity index (χ1v) is 8.50. The fourth-order valence-electron chi connectivity index (χ4n) is 3.24. The first-order chi connectivity index (χ1) is 11.6. The molecule has 24 heavy (non-hydrogen) atoms. The SMILES string of the molecule is CCOc1ccc(NC(C)C(=O)N2c3ccccc3CC2C)cc1. The molecule has 0 fully saturated rings. The number of carbonyl (C=O) groups is 1. The van der Waals surface area contributed by atoms with Crippen LogP contribution in [-0.2, 0) is 11.2 Å². The maximum atomic E-state index is 12.9. The van der Waals surface area contributed by atoms with Crippen molar-refractivity contribution in [2.45, 2.75) is 39.3 Å². The highest BCUT2D eigenvalue weighted by Gasteiger charge is 2.32. The molecular formula is C20H24N2O2. The van der Waals surface area contributed by atoms with Gasteiger partial charge in [-0.3, -0.25) is 4.79 Å². The minimum absolute atomic E-state index is 0.0985. The van der Waals surface area contributed by atoms with E-state index in [-0.39, 0.29) is 18.0 Å². The molecule has 0 radical (unpaired) electrons. The van der Waals surface area contributed by atoms with Crippen LogP contribution in [0.3, 0.4) is 0 Å². The average molecular weight is 324 g/mol. The number of benzene rings is 2. The van der Waals surface area contributed by atoms with Crippen LogP contribution in [0.15, 0.2) is 48.5 Å². The van der Waals surface area contributed by atoms with Crippen molar-refractivity contribution in [1.29, 1.82) is 0 Å². The standard InChI is InChI=1S/C20H24N2O2/c1-4-24-18-11-9-17(10-12-18)21-15(3)20(23)22-14(2)13-16-7-5-6-8-19(16)22/h5-12,14-15,21H,4,13H2,1-3H3. The van der Waals surface area contributed by atoms with Crippen LogP contribution in [0.2, 0.25) is 0 Å². The van der Waals surface area contributed by atoms with Crippen LogP contribution in [0.5, 0.6) is 5.75 Å². The zero-order valence-corrected chi connectivity index (χ0v) is 14.5. The van der Waals surface area contributed by atoms with E-state index in [1.54, 1.807) is 0 Å². The summed E-state index contributed by atoms with van der Waals surface area (Å²) >= 11 is 0. The smallest absolute Gasteiger partial charge is 0.249 e. The van der Waals surface area contributed by atoms with E-state index in [4.69, 9.17) is 4.74 Å². The number of nitrogens with zero attached hydrogens (tertiary/aromatic N) is 1. The molecule has 4 heteroatoms. The fourth-order valence-corrected chi connectivity index (χ4v) is 3.24. The molecule has 1 amide bonds. The van der Waals surface area contributed by atoms with Crippen LogP contribution in [-0.4, -0.2) is 24.6 Å². The van der Waals surface area contributed by atoms with Crippen molar-refractivity contribution >= 4 is 17.3 Å². The summed E-state index contributed by atoms with van der Waals surface area (Å²) in [6.45, 7) is 6.61. The maximum Gasteiger partial charge on any atom is 0.249 e. The van der Waals surface area contributed by atoms with Crippen molar-refractivity contribution in [3.63, 3.8) is 0 Å². The highest BCUT2D eigenvalue weighted by atomic mass is 16.5. The van der Waals surface area contributed by atoms with Gasteiger partial charge in [0.05, 0.1) is 6.61 Å². The molecule has 0 bridgehead atoms. The number of anilines is 2. The van der Waals surface area contributed by atoms with E-state index >= 15 is 0 Å². The lowest BCUT2D eigenvalue weighted by molar-refractivity contribution is -0.119.